The molecule has 0 heterocycles. The molecule has 4 N–H and O–H groups in total. The lowest BCUT2D eigenvalue weighted by molar-refractivity contribution is -0.138. The monoisotopic (exact) mass is 220 g/mol. The van der Waals surface area contributed by atoms with Crippen LogP contribution in [0.15, 0.2) is 0 Å². The van der Waals surface area contributed by atoms with Crippen molar-refractivity contribution in [3.05, 3.63) is 0 Å². The molecule has 0 saturated carbocycles. The second-order valence-electron chi connectivity index (χ2n) is 2.94. The van der Waals surface area contributed by atoms with E-state index >= 15 is 0 Å². The van der Waals surface area contributed by atoms with Crippen molar-refractivity contribution in [2.75, 3.05) is 26.3 Å². The molecule has 7 nitrogen and oxygen atoms in total. The van der Waals surface area contributed by atoms with Crippen LogP contribution < -0.4 is 5.32 Å². The van der Waals surface area contributed by atoms with Crippen molar-refractivity contribution in [2.24, 2.45) is 0 Å². The Labute approximate surface area is 87.3 Å². The smallest absolute Gasteiger partial charge is 0.325 e. The van der Waals surface area contributed by atoms with E-state index in [1.807, 2.05) is 0 Å². The number of urea groups is 1. The second kappa shape index (κ2) is 7.02. The maximum Gasteiger partial charge on any atom is 0.325 e. The molecule has 88 valence electrons. The van der Waals surface area contributed by atoms with E-state index in [1.54, 1.807) is 0 Å². The molecule has 2 amide bonds. The van der Waals surface area contributed by atoms with Crippen LogP contribution in [0.1, 0.15) is 6.92 Å². The van der Waals surface area contributed by atoms with Gasteiger partial charge >= 0.3 is 12.0 Å². The van der Waals surface area contributed by atoms with Gasteiger partial charge in [-0.1, -0.05) is 0 Å². The summed E-state index contributed by atoms with van der Waals surface area (Å²) < 4.78 is 0. The average molecular weight is 220 g/mol. The largest absolute Gasteiger partial charge is 0.480 e. The molecular formula is C8H16N2O5. The summed E-state index contributed by atoms with van der Waals surface area (Å²) in [6.07, 6.45) is 0. The van der Waals surface area contributed by atoms with E-state index in [0.29, 0.717) is 0 Å². The fourth-order valence-corrected chi connectivity index (χ4v) is 0.895. The summed E-state index contributed by atoms with van der Waals surface area (Å²) in [5, 5.41) is 28.0. The molecule has 0 bridgehead atoms. The Bertz CT molecular complexity index is 215. The fourth-order valence-electron chi connectivity index (χ4n) is 0.895. The third kappa shape index (κ3) is 5.18. The normalized spacial score (nSPS) is 11.9. The number of aliphatic hydroxyl groups is 2. The fraction of sp³-hybridized carbons (Fsp3) is 0.750. The van der Waals surface area contributed by atoms with Crippen molar-refractivity contribution in [2.45, 2.75) is 13.0 Å². The van der Waals surface area contributed by atoms with Gasteiger partial charge in [0.25, 0.3) is 0 Å². The number of carbonyl (C=O) groups is 2. The third-order valence-corrected chi connectivity index (χ3v) is 1.74. The average Bonchev–Trinajstić information content (AvgIpc) is 2.17. The first-order valence-electron chi connectivity index (χ1n) is 4.53. The summed E-state index contributed by atoms with van der Waals surface area (Å²) in [7, 11) is 0. The molecule has 1 atom stereocenters. The van der Waals surface area contributed by atoms with Crippen LogP contribution >= 0.6 is 0 Å². The van der Waals surface area contributed by atoms with Crippen molar-refractivity contribution in [3.63, 3.8) is 0 Å². The molecule has 0 aromatic carbocycles. The lowest BCUT2D eigenvalue weighted by Crippen LogP contribution is -2.48. The van der Waals surface area contributed by atoms with E-state index < -0.39 is 18.0 Å². The van der Waals surface area contributed by atoms with E-state index in [-0.39, 0.29) is 26.3 Å². The lowest BCUT2D eigenvalue weighted by atomic mass is 10.3. The van der Waals surface area contributed by atoms with Crippen molar-refractivity contribution in [3.8, 4) is 0 Å². The van der Waals surface area contributed by atoms with Gasteiger partial charge in [0, 0.05) is 13.1 Å². The minimum Gasteiger partial charge on any atom is -0.480 e. The number of carbonyl (C=O) groups excluding carboxylic acids is 1. The quantitative estimate of drug-likeness (QED) is 0.433. The Kier molecular flexibility index (Phi) is 6.39. The molecule has 0 rings (SSSR count). The Morgan fingerprint density at radius 2 is 1.73 bits per heavy atom. The molecule has 7 heteroatoms. The van der Waals surface area contributed by atoms with Crippen LogP contribution in [0.4, 0.5) is 4.79 Å². The highest BCUT2D eigenvalue weighted by Crippen LogP contribution is 1.91. The highest BCUT2D eigenvalue weighted by Gasteiger charge is 2.18. The highest BCUT2D eigenvalue weighted by atomic mass is 16.4. The van der Waals surface area contributed by atoms with Crippen molar-refractivity contribution in [1.29, 1.82) is 0 Å². The number of amides is 2. The van der Waals surface area contributed by atoms with E-state index in [9.17, 15) is 9.59 Å². The summed E-state index contributed by atoms with van der Waals surface area (Å²) >= 11 is 0. The number of aliphatic carboxylic acids is 1. The number of carboxylic acids is 1. The number of aliphatic hydroxyl groups excluding tert-OH is 2. The molecule has 0 aromatic rings. The van der Waals surface area contributed by atoms with Gasteiger partial charge in [0.15, 0.2) is 0 Å². The van der Waals surface area contributed by atoms with Gasteiger partial charge in [-0.3, -0.25) is 4.79 Å². The Morgan fingerprint density at radius 3 is 2.07 bits per heavy atom. The van der Waals surface area contributed by atoms with Crippen LogP contribution in [0.2, 0.25) is 0 Å². The maximum absolute atomic E-state index is 11.4. The molecule has 0 saturated heterocycles. The third-order valence-electron chi connectivity index (χ3n) is 1.74. The van der Waals surface area contributed by atoms with E-state index in [1.165, 1.54) is 6.92 Å². The minimum absolute atomic E-state index is 0.0543. The van der Waals surface area contributed by atoms with Crippen LogP contribution in [0.5, 0.6) is 0 Å². The predicted octanol–water partition coefficient (Wildman–Crippen LogP) is -1.54. The number of nitrogens with zero attached hydrogens (tertiary/aromatic N) is 1. The molecule has 15 heavy (non-hydrogen) atoms. The SMILES string of the molecule is C[C@@H](NC(=O)N(CCO)CCO)C(=O)O. The standard InChI is InChI=1S/C8H16N2O5/c1-6(7(13)14)9-8(15)10(2-4-11)3-5-12/h6,11-12H,2-5H2,1H3,(H,9,15)(H,13,14)/t6-/m1/s1. The number of nitrogens with one attached hydrogen (secondary N) is 1. The molecule has 0 aliphatic carbocycles. The molecule has 0 unspecified atom stereocenters. The summed E-state index contributed by atoms with van der Waals surface area (Å²) in [4.78, 5) is 22.9. The van der Waals surface area contributed by atoms with Gasteiger partial charge in [0.05, 0.1) is 13.2 Å². The van der Waals surface area contributed by atoms with Gasteiger partial charge in [-0.25, -0.2) is 4.79 Å². The topological polar surface area (TPSA) is 110 Å². The molecule has 0 fully saturated rings. The van der Waals surface area contributed by atoms with Gasteiger partial charge < -0.3 is 25.5 Å². The second-order valence-corrected chi connectivity index (χ2v) is 2.94. The van der Waals surface area contributed by atoms with Crippen LogP contribution in [0.3, 0.4) is 0 Å². The highest BCUT2D eigenvalue weighted by molar-refractivity contribution is 5.82. The van der Waals surface area contributed by atoms with Crippen LogP contribution in [0, 0.1) is 0 Å². The lowest BCUT2D eigenvalue weighted by Gasteiger charge is -2.22. The van der Waals surface area contributed by atoms with Gasteiger partial charge in [-0.15, -0.1) is 0 Å². The Morgan fingerprint density at radius 1 is 1.27 bits per heavy atom. The van der Waals surface area contributed by atoms with E-state index in [4.69, 9.17) is 15.3 Å². The van der Waals surface area contributed by atoms with Crippen LogP contribution in [0.25, 0.3) is 0 Å². The van der Waals surface area contributed by atoms with E-state index in [0.717, 1.165) is 4.90 Å². The van der Waals surface area contributed by atoms with E-state index in [2.05, 4.69) is 5.32 Å². The molecule has 0 aliphatic rings. The zero-order valence-corrected chi connectivity index (χ0v) is 8.51. The summed E-state index contributed by atoms with van der Waals surface area (Å²) in [6, 6.07) is -1.62. The zero-order chi connectivity index (χ0) is 11.8. The first-order chi connectivity index (χ1) is 7.02. The molecule has 0 aliphatic heterocycles. The number of hydrogen-bond acceptors (Lipinski definition) is 4. The van der Waals surface area contributed by atoms with Gasteiger partial charge in [0.2, 0.25) is 0 Å². The summed E-state index contributed by atoms with van der Waals surface area (Å²) in [5.41, 5.74) is 0. The van der Waals surface area contributed by atoms with Crippen molar-refractivity contribution < 1.29 is 24.9 Å². The van der Waals surface area contributed by atoms with Crippen LogP contribution in [-0.2, 0) is 4.79 Å². The molecular weight excluding hydrogens is 204 g/mol. The molecule has 0 spiro atoms. The number of carboxylic acid groups (broad SMARTS) is 1. The van der Waals surface area contributed by atoms with Gasteiger partial charge in [-0.2, -0.15) is 0 Å². The Hall–Kier alpha value is -1.34. The number of hydrogen-bond donors (Lipinski definition) is 4. The van der Waals surface area contributed by atoms with Crippen molar-refractivity contribution >= 4 is 12.0 Å². The predicted molar refractivity (Wildman–Crippen MR) is 51.4 cm³/mol. The first kappa shape index (κ1) is 13.7. The van der Waals surface area contributed by atoms with Crippen molar-refractivity contribution in [1.82, 2.24) is 10.2 Å². The first-order valence-corrected chi connectivity index (χ1v) is 4.53. The maximum atomic E-state index is 11.4. The van der Waals surface area contributed by atoms with Gasteiger partial charge in [0.1, 0.15) is 6.04 Å². The molecule has 0 radical (unpaired) electrons. The minimum atomic E-state index is -1.14. The Balaban J connectivity index is 4.18. The molecule has 0 aromatic heterocycles. The number of rotatable bonds is 6. The summed E-state index contributed by atoms with van der Waals surface area (Å²) in [6.45, 7) is 0.956. The van der Waals surface area contributed by atoms with Gasteiger partial charge in [-0.05, 0) is 6.92 Å². The summed E-state index contributed by atoms with van der Waals surface area (Å²) in [5.74, 6) is -1.14. The zero-order valence-electron chi connectivity index (χ0n) is 8.51. The van der Waals surface area contributed by atoms with Crippen LogP contribution in [-0.4, -0.2) is 64.6 Å².